The van der Waals surface area contributed by atoms with E-state index in [1.165, 1.54) is 64.2 Å². The fraction of sp³-hybridized carbons (Fsp3) is 0.704. The van der Waals surface area contributed by atoms with Crippen LogP contribution >= 0.6 is 0 Å². The van der Waals surface area contributed by atoms with E-state index in [1.807, 2.05) is 12.1 Å². The van der Waals surface area contributed by atoms with E-state index in [1.54, 1.807) is 26.2 Å². The number of amides is 1. The molecule has 0 radical (unpaired) electrons. The summed E-state index contributed by atoms with van der Waals surface area (Å²) >= 11 is 0. The van der Waals surface area contributed by atoms with Crippen molar-refractivity contribution < 1.29 is 19.4 Å². The van der Waals surface area contributed by atoms with Gasteiger partial charge in [0.05, 0.1) is 7.11 Å². The molecule has 0 saturated heterocycles. The maximum Gasteiger partial charge on any atom is 0.329 e. The predicted molar refractivity (Wildman–Crippen MR) is 131 cm³/mol. The van der Waals surface area contributed by atoms with Crippen LogP contribution in [0, 0.1) is 0 Å². The van der Waals surface area contributed by atoms with Gasteiger partial charge in [0.1, 0.15) is 11.3 Å². The normalized spacial score (nSPS) is 12.8. The number of hydrogen-bond donors (Lipinski definition) is 2. The van der Waals surface area contributed by atoms with E-state index in [9.17, 15) is 14.7 Å². The Morgan fingerprint density at radius 2 is 1.31 bits per heavy atom. The van der Waals surface area contributed by atoms with E-state index in [0.717, 1.165) is 30.6 Å². The molecule has 0 heterocycles. The number of unbranched alkanes of at least 4 members (excludes halogenated alkanes) is 12. The summed E-state index contributed by atoms with van der Waals surface area (Å²) in [5, 5.41) is 12.4. The van der Waals surface area contributed by atoms with Gasteiger partial charge in [0.25, 0.3) is 0 Å². The van der Waals surface area contributed by atoms with Gasteiger partial charge < -0.3 is 15.2 Å². The Morgan fingerprint density at radius 1 is 0.844 bits per heavy atom. The Bertz CT molecular complexity index is 644. The van der Waals surface area contributed by atoms with Gasteiger partial charge in [-0.2, -0.15) is 0 Å². The molecular weight excluding hydrogens is 402 g/mol. The summed E-state index contributed by atoms with van der Waals surface area (Å²) in [5.74, 6) is -0.490. The fourth-order valence-corrected chi connectivity index (χ4v) is 4.00. The molecule has 2 N–H and O–H groups in total. The van der Waals surface area contributed by atoms with Crippen molar-refractivity contribution in [2.45, 2.75) is 116 Å². The van der Waals surface area contributed by atoms with Gasteiger partial charge in [0.2, 0.25) is 5.91 Å². The van der Waals surface area contributed by atoms with Gasteiger partial charge >= 0.3 is 5.97 Å². The van der Waals surface area contributed by atoms with Crippen LogP contribution in [0.4, 0.5) is 0 Å². The van der Waals surface area contributed by atoms with Crippen LogP contribution in [0.25, 0.3) is 0 Å². The Morgan fingerprint density at radius 3 is 1.75 bits per heavy atom. The minimum Gasteiger partial charge on any atom is -0.497 e. The Labute approximate surface area is 195 Å². The molecule has 0 fully saturated rings. The second kappa shape index (κ2) is 16.6. The Hall–Kier alpha value is -2.04. The van der Waals surface area contributed by atoms with E-state index in [2.05, 4.69) is 12.2 Å². The number of carbonyl (C=O) groups excluding carboxylic acids is 1. The summed E-state index contributed by atoms with van der Waals surface area (Å²) in [6.07, 6.45) is 16.9. The summed E-state index contributed by atoms with van der Waals surface area (Å²) in [6, 6.07) is 7.26. The van der Waals surface area contributed by atoms with Crippen molar-refractivity contribution in [3.05, 3.63) is 29.8 Å². The van der Waals surface area contributed by atoms with Crippen molar-refractivity contribution in [1.82, 2.24) is 5.32 Å². The third kappa shape index (κ3) is 12.1. The minimum atomic E-state index is -1.32. The first-order valence-electron chi connectivity index (χ1n) is 12.6. The molecule has 182 valence electrons. The minimum absolute atomic E-state index is 0.188. The summed E-state index contributed by atoms with van der Waals surface area (Å²) in [7, 11) is 1.59. The highest BCUT2D eigenvalue weighted by atomic mass is 16.5. The van der Waals surface area contributed by atoms with E-state index in [-0.39, 0.29) is 12.3 Å². The standard InChI is InChI=1S/C27H45NO4/c1-4-5-6-7-8-9-10-11-12-13-14-15-16-17-25(29)28-27(2,26(30)31)22-23-18-20-24(32-3)21-19-23/h18-21H,4-17,22H2,1-3H3,(H,28,29)(H,30,31)/t27-/m1/s1. The Balaban J connectivity index is 2.17. The lowest BCUT2D eigenvalue weighted by Crippen LogP contribution is -2.53. The number of aliphatic carboxylic acids is 1. The van der Waals surface area contributed by atoms with Crippen LogP contribution in [0.2, 0.25) is 0 Å². The zero-order valence-electron chi connectivity index (χ0n) is 20.6. The monoisotopic (exact) mass is 447 g/mol. The topological polar surface area (TPSA) is 75.6 Å². The molecule has 1 rings (SSSR count). The smallest absolute Gasteiger partial charge is 0.329 e. The molecule has 0 aliphatic rings. The summed E-state index contributed by atoms with van der Waals surface area (Å²) in [4.78, 5) is 24.2. The SMILES string of the molecule is CCCCCCCCCCCCCCCC(=O)N[C@](C)(Cc1ccc(OC)cc1)C(=O)O. The van der Waals surface area contributed by atoms with Crippen LogP contribution in [-0.4, -0.2) is 29.6 Å². The van der Waals surface area contributed by atoms with Crippen LogP contribution in [-0.2, 0) is 16.0 Å². The van der Waals surface area contributed by atoms with Gasteiger partial charge in [-0.3, -0.25) is 4.79 Å². The zero-order chi connectivity index (χ0) is 23.7. The zero-order valence-corrected chi connectivity index (χ0v) is 20.6. The number of hydrogen-bond acceptors (Lipinski definition) is 3. The third-order valence-electron chi connectivity index (χ3n) is 6.11. The maximum absolute atomic E-state index is 12.4. The first kappa shape index (κ1) is 28.0. The molecule has 0 aliphatic heterocycles. The number of rotatable bonds is 19. The average Bonchev–Trinajstić information content (AvgIpc) is 2.77. The molecule has 0 aliphatic carbocycles. The van der Waals surface area contributed by atoms with Gasteiger partial charge in [-0.15, -0.1) is 0 Å². The number of methoxy groups -OCH3 is 1. The van der Waals surface area contributed by atoms with Gasteiger partial charge in [0, 0.05) is 12.8 Å². The maximum atomic E-state index is 12.4. The molecule has 0 saturated carbocycles. The van der Waals surface area contributed by atoms with Gasteiger partial charge in [-0.25, -0.2) is 4.79 Å². The predicted octanol–water partition coefficient (Wildman–Crippen LogP) is 6.68. The molecule has 32 heavy (non-hydrogen) atoms. The van der Waals surface area contributed by atoms with Gasteiger partial charge in [0.15, 0.2) is 0 Å². The number of nitrogens with one attached hydrogen (secondary N) is 1. The van der Waals surface area contributed by atoms with Crippen molar-refractivity contribution in [2.75, 3.05) is 7.11 Å². The molecule has 1 aromatic rings. The molecule has 0 spiro atoms. The average molecular weight is 448 g/mol. The van der Waals surface area contributed by atoms with E-state index < -0.39 is 11.5 Å². The van der Waals surface area contributed by atoms with Crippen LogP contribution in [0.15, 0.2) is 24.3 Å². The third-order valence-corrected chi connectivity index (χ3v) is 6.11. The molecule has 5 nitrogen and oxygen atoms in total. The summed E-state index contributed by atoms with van der Waals surface area (Å²) in [6.45, 7) is 3.82. The summed E-state index contributed by atoms with van der Waals surface area (Å²) in [5.41, 5.74) is -0.473. The summed E-state index contributed by atoms with van der Waals surface area (Å²) < 4.78 is 5.14. The van der Waals surface area contributed by atoms with Crippen molar-refractivity contribution in [3.8, 4) is 5.75 Å². The second-order valence-corrected chi connectivity index (χ2v) is 9.20. The lowest BCUT2D eigenvalue weighted by molar-refractivity contribution is -0.146. The van der Waals surface area contributed by atoms with Crippen LogP contribution in [0.5, 0.6) is 5.75 Å². The fourth-order valence-electron chi connectivity index (χ4n) is 4.00. The molecule has 1 amide bonds. The lowest BCUT2D eigenvalue weighted by Gasteiger charge is -2.26. The van der Waals surface area contributed by atoms with Crippen LogP contribution in [0.3, 0.4) is 0 Å². The number of carboxylic acid groups (broad SMARTS) is 1. The molecule has 0 aromatic heterocycles. The number of benzene rings is 1. The van der Waals surface area contributed by atoms with Crippen molar-refractivity contribution in [2.24, 2.45) is 0 Å². The highest BCUT2D eigenvalue weighted by molar-refractivity contribution is 5.86. The molecule has 0 bridgehead atoms. The van der Waals surface area contributed by atoms with Crippen molar-refractivity contribution >= 4 is 11.9 Å². The second-order valence-electron chi connectivity index (χ2n) is 9.20. The quantitative estimate of drug-likeness (QED) is 0.232. The largest absolute Gasteiger partial charge is 0.497 e. The lowest BCUT2D eigenvalue weighted by atomic mass is 9.92. The molecule has 5 heteroatoms. The first-order valence-corrected chi connectivity index (χ1v) is 12.6. The highest BCUT2D eigenvalue weighted by Crippen LogP contribution is 2.18. The van der Waals surface area contributed by atoms with Gasteiger partial charge in [-0.1, -0.05) is 96.1 Å². The van der Waals surface area contributed by atoms with Crippen molar-refractivity contribution in [3.63, 3.8) is 0 Å². The molecule has 1 aromatic carbocycles. The first-order chi connectivity index (χ1) is 15.4. The van der Waals surface area contributed by atoms with E-state index in [4.69, 9.17) is 4.74 Å². The van der Waals surface area contributed by atoms with E-state index >= 15 is 0 Å². The molecule has 1 atom stereocenters. The number of ether oxygens (including phenoxy) is 1. The van der Waals surface area contributed by atoms with Gasteiger partial charge in [-0.05, 0) is 31.0 Å². The Kier molecular flexibility index (Phi) is 14.5. The van der Waals surface area contributed by atoms with Crippen LogP contribution in [0.1, 0.15) is 109 Å². The molecular formula is C27H45NO4. The highest BCUT2D eigenvalue weighted by Gasteiger charge is 2.34. The van der Waals surface area contributed by atoms with E-state index in [0.29, 0.717) is 6.42 Å². The number of carbonyl (C=O) groups is 2. The van der Waals surface area contributed by atoms with Crippen LogP contribution < -0.4 is 10.1 Å². The number of carboxylic acids is 1. The molecule has 0 unspecified atom stereocenters. The van der Waals surface area contributed by atoms with Crippen molar-refractivity contribution in [1.29, 1.82) is 0 Å².